The molecule has 5 aliphatic rings. The van der Waals surface area contributed by atoms with Crippen molar-refractivity contribution in [2.24, 2.45) is 10.9 Å². The molecule has 6 rings (SSSR count). The summed E-state index contributed by atoms with van der Waals surface area (Å²) in [5.41, 5.74) is -0.225. The van der Waals surface area contributed by atoms with Gasteiger partial charge in [-0.2, -0.15) is 0 Å². The fraction of sp³-hybridized carbons (Fsp3) is 0.364. The molecule has 4 aliphatic heterocycles. The SMILES string of the molecule is C[C@H]1C(=O)N2c3ccccc3[C@@]3(O)C[C@@H](N4C=NC5C=CC=CC5C4=O)C(=O)N1[C@@H]23. The van der Waals surface area contributed by atoms with Crippen LogP contribution in [0.4, 0.5) is 5.69 Å². The van der Waals surface area contributed by atoms with Crippen molar-refractivity contribution in [3.63, 3.8) is 0 Å². The Morgan fingerprint density at radius 3 is 2.67 bits per heavy atom. The Morgan fingerprint density at radius 1 is 1.07 bits per heavy atom. The van der Waals surface area contributed by atoms with Gasteiger partial charge in [0, 0.05) is 12.0 Å². The van der Waals surface area contributed by atoms with Gasteiger partial charge in [-0.15, -0.1) is 0 Å². The number of amides is 3. The molecule has 0 aromatic heterocycles. The van der Waals surface area contributed by atoms with Crippen molar-refractivity contribution in [1.82, 2.24) is 9.80 Å². The second kappa shape index (κ2) is 5.66. The van der Waals surface area contributed by atoms with Gasteiger partial charge >= 0.3 is 0 Å². The first kappa shape index (κ1) is 17.6. The molecule has 30 heavy (non-hydrogen) atoms. The van der Waals surface area contributed by atoms with E-state index in [4.69, 9.17) is 0 Å². The Balaban J connectivity index is 1.46. The van der Waals surface area contributed by atoms with Gasteiger partial charge in [0.15, 0.2) is 0 Å². The van der Waals surface area contributed by atoms with Crippen LogP contribution in [0.5, 0.6) is 0 Å². The van der Waals surface area contributed by atoms with Crippen molar-refractivity contribution in [1.29, 1.82) is 0 Å². The minimum absolute atomic E-state index is 0.00914. The molecule has 1 aromatic rings. The third-order valence-electron chi connectivity index (χ3n) is 6.97. The molecule has 2 unspecified atom stereocenters. The molecule has 6 atom stereocenters. The van der Waals surface area contributed by atoms with E-state index in [1.807, 2.05) is 18.2 Å². The Bertz CT molecular complexity index is 1090. The van der Waals surface area contributed by atoms with Gasteiger partial charge in [0.2, 0.25) is 11.8 Å². The predicted molar refractivity (Wildman–Crippen MR) is 107 cm³/mol. The highest BCUT2D eigenvalue weighted by Crippen LogP contribution is 2.54. The number of rotatable bonds is 1. The van der Waals surface area contributed by atoms with Gasteiger partial charge in [-0.25, -0.2) is 0 Å². The summed E-state index contributed by atoms with van der Waals surface area (Å²) < 4.78 is 0. The maximum Gasteiger partial charge on any atom is 0.251 e. The highest BCUT2D eigenvalue weighted by Gasteiger charge is 2.67. The van der Waals surface area contributed by atoms with Crippen molar-refractivity contribution < 1.29 is 19.5 Å². The monoisotopic (exact) mass is 404 g/mol. The van der Waals surface area contributed by atoms with Crippen LogP contribution in [0.2, 0.25) is 0 Å². The first-order valence-electron chi connectivity index (χ1n) is 10.1. The second-order valence-corrected chi connectivity index (χ2v) is 8.46. The van der Waals surface area contributed by atoms with Gasteiger partial charge in [-0.05, 0) is 13.0 Å². The molecule has 1 N–H and O–H groups in total. The van der Waals surface area contributed by atoms with Gasteiger partial charge in [-0.1, -0.05) is 42.5 Å². The van der Waals surface area contributed by atoms with E-state index in [0.29, 0.717) is 11.3 Å². The molecule has 0 spiro atoms. The smallest absolute Gasteiger partial charge is 0.251 e. The number of anilines is 1. The lowest BCUT2D eigenvalue weighted by Gasteiger charge is -2.47. The van der Waals surface area contributed by atoms with Crippen LogP contribution >= 0.6 is 0 Å². The van der Waals surface area contributed by atoms with E-state index < -0.39 is 29.8 Å². The van der Waals surface area contributed by atoms with Gasteiger partial charge in [0.1, 0.15) is 23.9 Å². The van der Waals surface area contributed by atoms with Crippen LogP contribution in [-0.2, 0) is 20.0 Å². The van der Waals surface area contributed by atoms with E-state index in [-0.39, 0.29) is 30.2 Å². The lowest BCUT2D eigenvalue weighted by atomic mass is 9.81. The van der Waals surface area contributed by atoms with Crippen LogP contribution in [0.15, 0.2) is 53.6 Å². The second-order valence-electron chi connectivity index (χ2n) is 8.46. The lowest BCUT2D eigenvalue weighted by molar-refractivity contribution is -0.163. The number of piperidine rings is 1. The standard InChI is InChI=1S/C22H20N4O4/c1-12-18(27)26-16-9-5-3-7-14(16)22(30)10-17(20(29)25(12)21(22)26)24-11-23-15-8-4-2-6-13(15)19(24)28/h2-9,11-13,15,17,21,30H,10H2,1H3/t12-,13?,15?,17+,21-,22-/m0/s1. The summed E-state index contributed by atoms with van der Waals surface area (Å²) in [6.45, 7) is 1.67. The number of para-hydroxylation sites is 1. The zero-order chi connectivity index (χ0) is 20.8. The molecular weight excluding hydrogens is 384 g/mol. The molecule has 0 radical (unpaired) electrons. The fourth-order valence-corrected chi connectivity index (χ4v) is 5.54. The van der Waals surface area contributed by atoms with Crippen molar-refractivity contribution in [3.05, 3.63) is 54.1 Å². The molecule has 0 bridgehead atoms. The van der Waals surface area contributed by atoms with Crippen molar-refractivity contribution in [2.75, 3.05) is 4.90 Å². The summed E-state index contributed by atoms with van der Waals surface area (Å²) in [5, 5.41) is 11.8. The summed E-state index contributed by atoms with van der Waals surface area (Å²) in [7, 11) is 0. The van der Waals surface area contributed by atoms with Crippen molar-refractivity contribution >= 4 is 29.7 Å². The van der Waals surface area contributed by atoms with Gasteiger partial charge < -0.3 is 10.0 Å². The number of carbonyl (C=O) groups is 3. The van der Waals surface area contributed by atoms with Crippen LogP contribution < -0.4 is 4.90 Å². The maximum absolute atomic E-state index is 13.5. The number of fused-ring (bicyclic) bond motifs is 4. The molecule has 3 amide bonds. The van der Waals surface area contributed by atoms with Crippen LogP contribution in [0, 0.1) is 5.92 Å². The molecule has 2 fully saturated rings. The summed E-state index contributed by atoms with van der Waals surface area (Å²) in [6.07, 6.45) is 7.93. The highest BCUT2D eigenvalue weighted by atomic mass is 16.3. The maximum atomic E-state index is 13.5. The summed E-state index contributed by atoms with van der Waals surface area (Å²) in [4.78, 5) is 48.5. The third-order valence-corrected chi connectivity index (χ3v) is 6.97. The Labute approximate surface area is 172 Å². The van der Waals surface area contributed by atoms with Crippen LogP contribution in [0.1, 0.15) is 18.9 Å². The van der Waals surface area contributed by atoms with E-state index in [1.165, 1.54) is 21.0 Å². The number of nitrogens with zero attached hydrogens (tertiary/aromatic N) is 4. The fourth-order valence-electron chi connectivity index (χ4n) is 5.54. The minimum atomic E-state index is -1.46. The molecule has 1 aromatic carbocycles. The zero-order valence-electron chi connectivity index (χ0n) is 16.3. The average molecular weight is 404 g/mol. The Morgan fingerprint density at radius 2 is 1.83 bits per heavy atom. The van der Waals surface area contributed by atoms with Crippen molar-refractivity contribution in [2.45, 2.75) is 43.2 Å². The van der Waals surface area contributed by atoms with Crippen LogP contribution in [0.3, 0.4) is 0 Å². The van der Waals surface area contributed by atoms with E-state index in [0.717, 1.165) is 0 Å². The van der Waals surface area contributed by atoms with Crippen LogP contribution in [-0.4, -0.2) is 63.3 Å². The molecule has 152 valence electrons. The van der Waals surface area contributed by atoms with Crippen LogP contribution in [0.25, 0.3) is 0 Å². The molecule has 2 saturated heterocycles. The Hall–Kier alpha value is -3.26. The molecule has 1 aliphatic carbocycles. The van der Waals surface area contributed by atoms with E-state index >= 15 is 0 Å². The van der Waals surface area contributed by atoms with Crippen molar-refractivity contribution in [3.8, 4) is 0 Å². The molecule has 8 nitrogen and oxygen atoms in total. The number of hydrogen-bond acceptors (Lipinski definition) is 5. The van der Waals surface area contributed by atoms with Gasteiger partial charge in [0.05, 0.1) is 24.0 Å². The number of aliphatic hydroxyl groups is 1. The summed E-state index contributed by atoms with van der Waals surface area (Å²) in [6, 6.07) is 5.27. The van der Waals surface area contributed by atoms with E-state index in [1.54, 1.807) is 37.3 Å². The lowest BCUT2D eigenvalue weighted by Crippen LogP contribution is -2.66. The molecular formula is C22H20N4O4. The normalized spacial score (nSPS) is 38.3. The van der Waals surface area contributed by atoms with Gasteiger partial charge in [0.25, 0.3) is 5.91 Å². The minimum Gasteiger partial charge on any atom is -0.381 e. The molecule has 4 heterocycles. The predicted octanol–water partition coefficient (Wildman–Crippen LogP) is 0.531. The summed E-state index contributed by atoms with van der Waals surface area (Å²) >= 11 is 0. The first-order valence-corrected chi connectivity index (χ1v) is 10.1. The molecule has 0 saturated carbocycles. The Kier molecular flexibility index (Phi) is 3.32. The summed E-state index contributed by atoms with van der Waals surface area (Å²) in [5.74, 6) is -1.26. The number of aliphatic imine (C=N–C) groups is 1. The molecule has 8 heteroatoms. The zero-order valence-corrected chi connectivity index (χ0v) is 16.3. The van der Waals surface area contributed by atoms with E-state index in [2.05, 4.69) is 4.99 Å². The average Bonchev–Trinajstić information content (AvgIpc) is 3.18. The topological polar surface area (TPSA) is 93.5 Å². The number of allylic oxidation sites excluding steroid dienone is 2. The van der Waals surface area contributed by atoms with Gasteiger partial charge in [-0.3, -0.25) is 29.2 Å². The van der Waals surface area contributed by atoms with E-state index in [9.17, 15) is 19.5 Å². The third kappa shape index (κ3) is 1.94. The first-order chi connectivity index (χ1) is 14.4. The number of benzene rings is 1. The largest absolute Gasteiger partial charge is 0.381 e. The highest BCUT2D eigenvalue weighted by molar-refractivity contribution is 6.08. The number of carbonyl (C=O) groups excluding carboxylic acids is 3. The number of hydrogen-bond donors (Lipinski definition) is 1. The quantitative estimate of drug-likeness (QED) is 0.739.